The number of hydrogen-bond acceptors (Lipinski definition) is 5. The van der Waals surface area contributed by atoms with Crippen LogP contribution in [0.5, 0.6) is 5.75 Å². The van der Waals surface area contributed by atoms with Gasteiger partial charge in [0.15, 0.2) is 0 Å². The molecule has 1 unspecified atom stereocenters. The molecule has 7 heteroatoms. The van der Waals surface area contributed by atoms with E-state index in [9.17, 15) is 13.2 Å². The first kappa shape index (κ1) is 22.7. The molecule has 0 aliphatic rings. The van der Waals surface area contributed by atoms with E-state index in [1.807, 2.05) is 40.7 Å². The molecule has 0 radical (unpaired) electrons. The Morgan fingerprint density at radius 3 is 2.34 bits per heavy atom. The third kappa shape index (κ3) is 7.42. The van der Waals surface area contributed by atoms with E-state index in [4.69, 9.17) is 8.92 Å². The summed E-state index contributed by atoms with van der Waals surface area (Å²) in [6.07, 6.45) is 0.752. The zero-order chi connectivity index (χ0) is 21.7. The van der Waals surface area contributed by atoms with Gasteiger partial charge in [-0.25, -0.2) is 4.79 Å². The molecule has 0 aromatic heterocycles. The van der Waals surface area contributed by atoms with E-state index in [-0.39, 0.29) is 16.7 Å². The van der Waals surface area contributed by atoms with Crippen LogP contribution in [0.15, 0.2) is 53.4 Å². The second-order valence-electron chi connectivity index (χ2n) is 7.95. The highest BCUT2D eigenvalue weighted by molar-refractivity contribution is 7.87. The fourth-order valence-electron chi connectivity index (χ4n) is 2.66. The lowest BCUT2D eigenvalue weighted by molar-refractivity contribution is 0.0503. The van der Waals surface area contributed by atoms with Crippen LogP contribution in [0.25, 0.3) is 0 Å². The van der Waals surface area contributed by atoms with Gasteiger partial charge in [-0.15, -0.1) is 0 Å². The Kier molecular flexibility index (Phi) is 7.30. The molecule has 0 saturated carbocycles. The SMILES string of the molecule is CCC(Cc1cccc(OS(=O)(=O)c2ccc(C)cc2)c1)NC(=O)OC(C)(C)C. The van der Waals surface area contributed by atoms with Crippen LogP contribution in [-0.4, -0.2) is 26.2 Å². The molecule has 0 aliphatic heterocycles. The number of ether oxygens (including phenoxy) is 1. The summed E-state index contributed by atoms with van der Waals surface area (Å²) in [6.45, 7) is 9.27. The maximum atomic E-state index is 12.5. The molecule has 0 fully saturated rings. The minimum absolute atomic E-state index is 0.103. The Bertz CT molecular complexity index is 930. The van der Waals surface area contributed by atoms with Crippen LogP contribution >= 0.6 is 0 Å². The molecule has 29 heavy (non-hydrogen) atoms. The van der Waals surface area contributed by atoms with Crippen molar-refractivity contribution in [3.63, 3.8) is 0 Å². The zero-order valence-electron chi connectivity index (χ0n) is 17.6. The van der Waals surface area contributed by atoms with E-state index in [1.165, 1.54) is 12.1 Å². The van der Waals surface area contributed by atoms with Gasteiger partial charge in [-0.3, -0.25) is 0 Å². The molecule has 0 heterocycles. The van der Waals surface area contributed by atoms with E-state index in [1.54, 1.807) is 30.3 Å². The Hall–Kier alpha value is -2.54. The summed E-state index contributed by atoms with van der Waals surface area (Å²) in [4.78, 5) is 12.1. The molecular formula is C22H29NO5S. The first-order valence-corrected chi connectivity index (χ1v) is 11.0. The van der Waals surface area contributed by atoms with Crippen molar-refractivity contribution in [3.8, 4) is 5.75 Å². The molecule has 1 N–H and O–H groups in total. The predicted molar refractivity (Wildman–Crippen MR) is 113 cm³/mol. The number of amides is 1. The van der Waals surface area contributed by atoms with Crippen LogP contribution in [0.3, 0.4) is 0 Å². The monoisotopic (exact) mass is 419 g/mol. The standard InChI is InChI=1S/C22H29NO5S/c1-6-18(23-21(24)27-22(3,4)5)14-17-8-7-9-19(15-17)28-29(25,26)20-12-10-16(2)11-13-20/h7-13,15,18H,6,14H2,1-5H3,(H,23,24). The van der Waals surface area contributed by atoms with Gasteiger partial charge in [-0.2, -0.15) is 8.42 Å². The lowest BCUT2D eigenvalue weighted by Crippen LogP contribution is -2.39. The molecule has 2 aromatic rings. The number of rotatable bonds is 7. The van der Waals surface area contributed by atoms with Crippen LogP contribution in [0.4, 0.5) is 4.79 Å². The smallest absolute Gasteiger partial charge is 0.407 e. The van der Waals surface area contributed by atoms with Crippen LogP contribution < -0.4 is 9.50 Å². The van der Waals surface area contributed by atoms with Crippen molar-refractivity contribution in [2.24, 2.45) is 0 Å². The lowest BCUT2D eigenvalue weighted by atomic mass is 10.0. The molecule has 2 rings (SSSR count). The number of benzene rings is 2. The molecule has 1 atom stereocenters. The van der Waals surface area contributed by atoms with Crippen molar-refractivity contribution < 1.29 is 22.1 Å². The summed E-state index contributed by atoms with van der Waals surface area (Å²) in [7, 11) is -3.91. The van der Waals surface area contributed by atoms with E-state index < -0.39 is 21.8 Å². The maximum Gasteiger partial charge on any atom is 0.407 e. The lowest BCUT2D eigenvalue weighted by Gasteiger charge is -2.23. The topological polar surface area (TPSA) is 81.7 Å². The van der Waals surface area contributed by atoms with Gasteiger partial charge in [-0.1, -0.05) is 36.8 Å². The summed E-state index contributed by atoms with van der Waals surface area (Å²) < 4.78 is 35.6. The highest BCUT2D eigenvalue weighted by Gasteiger charge is 2.20. The second kappa shape index (κ2) is 9.31. The molecule has 0 saturated heterocycles. The summed E-state index contributed by atoms with van der Waals surface area (Å²) in [5.41, 5.74) is 1.25. The number of carbonyl (C=O) groups excluding carboxylic acids is 1. The Labute approximate surface area is 173 Å². The molecule has 2 aromatic carbocycles. The van der Waals surface area contributed by atoms with Crippen LogP contribution in [0.1, 0.15) is 45.2 Å². The average molecular weight is 420 g/mol. The third-order valence-corrected chi connectivity index (χ3v) is 5.37. The second-order valence-corrected chi connectivity index (χ2v) is 9.50. The molecule has 0 bridgehead atoms. The van der Waals surface area contributed by atoms with Crippen molar-refractivity contribution in [2.75, 3.05) is 0 Å². The number of aryl methyl sites for hydroxylation is 1. The highest BCUT2D eigenvalue weighted by Crippen LogP contribution is 2.21. The summed E-state index contributed by atoms with van der Waals surface area (Å²) in [5.74, 6) is 0.232. The summed E-state index contributed by atoms with van der Waals surface area (Å²) in [6, 6.07) is 13.2. The molecule has 1 amide bonds. The van der Waals surface area contributed by atoms with Gasteiger partial charge in [-0.05, 0) is 70.4 Å². The van der Waals surface area contributed by atoms with Gasteiger partial charge in [0.25, 0.3) is 0 Å². The van der Waals surface area contributed by atoms with Gasteiger partial charge >= 0.3 is 16.2 Å². The fraction of sp³-hybridized carbons (Fsp3) is 0.409. The number of nitrogens with one attached hydrogen (secondary N) is 1. The van der Waals surface area contributed by atoms with Gasteiger partial charge in [0.2, 0.25) is 0 Å². The van der Waals surface area contributed by atoms with Crippen molar-refractivity contribution in [3.05, 3.63) is 59.7 Å². The first-order valence-electron chi connectivity index (χ1n) is 9.58. The minimum atomic E-state index is -3.91. The van der Waals surface area contributed by atoms with Crippen molar-refractivity contribution in [1.29, 1.82) is 0 Å². The van der Waals surface area contributed by atoms with Gasteiger partial charge in [0.1, 0.15) is 16.2 Å². The molecule has 158 valence electrons. The minimum Gasteiger partial charge on any atom is -0.444 e. The van der Waals surface area contributed by atoms with Crippen LogP contribution in [-0.2, 0) is 21.3 Å². The van der Waals surface area contributed by atoms with Gasteiger partial charge < -0.3 is 14.2 Å². The molecule has 0 aliphatic carbocycles. The first-order chi connectivity index (χ1) is 13.5. The molecule has 0 spiro atoms. The predicted octanol–water partition coefficient (Wildman–Crippen LogP) is 4.61. The van der Waals surface area contributed by atoms with Crippen molar-refractivity contribution in [1.82, 2.24) is 5.32 Å². The average Bonchev–Trinajstić information content (AvgIpc) is 2.59. The quantitative estimate of drug-likeness (QED) is 0.663. The largest absolute Gasteiger partial charge is 0.444 e. The van der Waals surface area contributed by atoms with Crippen LogP contribution in [0.2, 0.25) is 0 Å². The number of carbonyl (C=O) groups is 1. The fourth-order valence-corrected chi connectivity index (χ4v) is 3.58. The summed E-state index contributed by atoms with van der Waals surface area (Å²) >= 11 is 0. The normalized spacial score (nSPS) is 12.9. The maximum absolute atomic E-state index is 12.5. The van der Waals surface area contributed by atoms with Gasteiger partial charge in [0.05, 0.1) is 0 Å². The number of hydrogen-bond donors (Lipinski definition) is 1. The van der Waals surface area contributed by atoms with Crippen LogP contribution in [0, 0.1) is 6.92 Å². The molecular weight excluding hydrogens is 390 g/mol. The zero-order valence-corrected chi connectivity index (χ0v) is 18.4. The van der Waals surface area contributed by atoms with E-state index in [0.717, 1.165) is 11.1 Å². The van der Waals surface area contributed by atoms with E-state index in [2.05, 4.69) is 5.32 Å². The Morgan fingerprint density at radius 2 is 1.76 bits per heavy atom. The van der Waals surface area contributed by atoms with E-state index in [0.29, 0.717) is 12.8 Å². The van der Waals surface area contributed by atoms with Crippen molar-refractivity contribution in [2.45, 2.75) is 64.0 Å². The summed E-state index contributed by atoms with van der Waals surface area (Å²) in [5, 5.41) is 2.85. The van der Waals surface area contributed by atoms with Crippen molar-refractivity contribution >= 4 is 16.2 Å². The Morgan fingerprint density at radius 1 is 1.10 bits per heavy atom. The Balaban J connectivity index is 2.08. The highest BCUT2D eigenvalue weighted by atomic mass is 32.2. The van der Waals surface area contributed by atoms with E-state index >= 15 is 0 Å². The van der Waals surface area contributed by atoms with Gasteiger partial charge in [0, 0.05) is 6.04 Å². The number of alkyl carbamates (subject to hydrolysis) is 1. The molecule has 6 nitrogen and oxygen atoms in total. The third-order valence-electron chi connectivity index (χ3n) is 4.11.